The fraction of sp³-hybridized carbons (Fsp3) is 1.00. The van der Waals surface area contributed by atoms with Crippen molar-refractivity contribution in [1.82, 2.24) is 5.32 Å². The van der Waals surface area contributed by atoms with E-state index in [2.05, 4.69) is 5.32 Å². The number of aliphatic hydroxyl groups excluding tert-OH is 3. The van der Waals surface area contributed by atoms with E-state index in [1.807, 2.05) is 0 Å². The maximum Gasteiger partial charge on any atom is 0.0773 e. The Balaban J connectivity index is 2.03. The van der Waals surface area contributed by atoms with Crippen LogP contribution in [0.15, 0.2) is 0 Å². The number of piperidine rings is 1. The van der Waals surface area contributed by atoms with Crippen LogP contribution in [-0.4, -0.2) is 45.7 Å². The smallest absolute Gasteiger partial charge is 0.0773 e. The monoisotopic (exact) mass is 159 g/mol. The fourth-order valence-electron chi connectivity index (χ4n) is 1.79. The minimum absolute atomic E-state index is 0.379. The van der Waals surface area contributed by atoms with Gasteiger partial charge >= 0.3 is 0 Å². The van der Waals surface area contributed by atoms with Gasteiger partial charge in [-0.05, 0) is 6.42 Å². The maximum absolute atomic E-state index is 9.46. The molecule has 2 fully saturated rings. The molecule has 0 amide bonds. The molecule has 0 aromatic rings. The summed E-state index contributed by atoms with van der Waals surface area (Å²) in [7, 11) is 0. The predicted molar refractivity (Wildman–Crippen MR) is 38.0 cm³/mol. The van der Waals surface area contributed by atoms with Crippen LogP contribution in [0.3, 0.4) is 0 Å². The van der Waals surface area contributed by atoms with Crippen molar-refractivity contribution in [2.75, 3.05) is 6.54 Å². The highest BCUT2D eigenvalue weighted by molar-refractivity contribution is 5.18. The van der Waals surface area contributed by atoms with Crippen LogP contribution in [0.2, 0.25) is 0 Å². The van der Waals surface area contributed by atoms with Crippen molar-refractivity contribution in [3.8, 4) is 0 Å². The van der Waals surface area contributed by atoms with E-state index < -0.39 is 23.9 Å². The first-order valence-corrected chi connectivity index (χ1v) is 3.94. The van der Waals surface area contributed by atoms with Crippen molar-refractivity contribution in [2.45, 2.75) is 36.7 Å². The molecule has 0 aromatic heterocycles. The van der Waals surface area contributed by atoms with E-state index in [9.17, 15) is 10.2 Å². The summed E-state index contributed by atoms with van der Waals surface area (Å²) < 4.78 is 0. The third-order valence-electron chi connectivity index (χ3n) is 2.72. The molecule has 11 heavy (non-hydrogen) atoms. The van der Waals surface area contributed by atoms with E-state index in [1.54, 1.807) is 0 Å². The molecule has 1 aliphatic heterocycles. The Morgan fingerprint density at radius 3 is 2.27 bits per heavy atom. The molecule has 2 aliphatic rings. The molecule has 1 aliphatic carbocycles. The molecule has 1 spiro atoms. The van der Waals surface area contributed by atoms with Crippen molar-refractivity contribution in [3.63, 3.8) is 0 Å². The number of aliphatic hydroxyl groups is 3. The largest absolute Gasteiger partial charge is 0.392 e. The molecule has 64 valence electrons. The lowest BCUT2D eigenvalue weighted by Gasteiger charge is -2.32. The Hall–Kier alpha value is -0.160. The van der Waals surface area contributed by atoms with Crippen LogP contribution in [0.25, 0.3) is 0 Å². The number of rotatable bonds is 0. The van der Waals surface area contributed by atoms with Crippen molar-refractivity contribution >= 4 is 0 Å². The molecule has 4 heteroatoms. The summed E-state index contributed by atoms with van der Waals surface area (Å²) in [5, 5.41) is 30.7. The molecule has 4 nitrogen and oxygen atoms in total. The summed E-state index contributed by atoms with van der Waals surface area (Å²) in [5.41, 5.74) is -0.473. The average Bonchev–Trinajstić information content (AvgIpc) is 2.56. The maximum atomic E-state index is 9.46. The highest BCUT2D eigenvalue weighted by atomic mass is 16.3. The lowest BCUT2D eigenvalue weighted by molar-refractivity contribution is -0.000322. The summed E-state index contributed by atoms with van der Waals surface area (Å²) >= 11 is 0. The molecule has 0 bridgehead atoms. The van der Waals surface area contributed by atoms with Crippen LogP contribution in [-0.2, 0) is 0 Å². The van der Waals surface area contributed by atoms with Crippen LogP contribution in [0.1, 0.15) is 12.8 Å². The van der Waals surface area contributed by atoms with Crippen LogP contribution in [0.5, 0.6) is 0 Å². The van der Waals surface area contributed by atoms with E-state index in [1.165, 1.54) is 0 Å². The second-order valence-electron chi connectivity index (χ2n) is 3.55. The van der Waals surface area contributed by atoms with Gasteiger partial charge in [0.2, 0.25) is 0 Å². The second-order valence-corrected chi connectivity index (χ2v) is 3.55. The summed E-state index contributed by atoms with van der Waals surface area (Å²) in [6.07, 6.45) is -0.500. The second kappa shape index (κ2) is 2.17. The number of nitrogens with one attached hydrogen (secondary N) is 1. The standard InChI is InChI=1S/C7H13NO3/c9-4-1-5(10)7(8-3-4)2-6(7)11/h4-6,8-11H,1-3H2/t4-,5+,6?,7-/m1/s1. The Morgan fingerprint density at radius 1 is 1.18 bits per heavy atom. The SMILES string of the molecule is OC1C[C@]12NC[C@H](O)C[C@@H]2O. The van der Waals surface area contributed by atoms with Crippen LogP contribution >= 0.6 is 0 Å². The number of hydrogen-bond donors (Lipinski definition) is 4. The van der Waals surface area contributed by atoms with Crippen molar-refractivity contribution in [3.05, 3.63) is 0 Å². The molecule has 1 saturated carbocycles. The van der Waals surface area contributed by atoms with Gasteiger partial charge in [-0.1, -0.05) is 0 Å². The topological polar surface area (TPSA) is 72.7 Å². The van der Waals surface area contributed by atoms with Gasteiger partial charge in [0.1, 0.15) is 0 Å². The molecular weight excluding hydrogens is 146 g/mol. The van der Waals surface area contributed by atoms with E-state index in [0.717, 1.165) is 0 Å². The minimum atomic E-state index is -0.596. The Labute approximate surface area is 64.8 Å². The molecule has 0 radical (unpaired) electrons. The molecule has 2 rings (SSSR count). The van der Waals surface area contributed by atoms with E-state index in [4.69, 9.17) is 5.11 Å². The third-order valence-corrected chi connectivity index (χ3v) is 2.72. The van der Waals surface area contributed by atoms with E-state index in [-0.39, 0.29) is 0 Å². The molecular formula is C7H13NO3. The van der Waals surface area contributed by atoms with Gasteiger partial charge < -0.3 is 20.6 Å². The molecule has 1 saturated heterocycles. The summed E-state index contributed by atoms with van der Waals surface area (Å²) in [5.74, 6) is 0. The molecule has 1 unspecified atom stereocenters. The van der Waals surface area contributed by atoms with Crippen molar-refractivity contribution in [1.29, 1.82) is 0 Å². The first-order chi connectivity index (χ1) is 5.15. The highest BCUT2D eigenvalue weighted by Gasteiger charge is 2.60. The molecule has 4 N–H and O–H groups in total. The highest BCUT2D eigenvalue weighted by Crippen LogP contribution is 2.42. The molecule has 1 heterocycles. The zero-order valence-electron chi connectivity index (χ0n) is 6.20. The quantitative estimate of drug-likeness (QED) is 0.337. The van der Waals surface area contributed by atoms with Crippen LogP contribution in [0, 0.1) is 0 Å². The molecule has 4 atom stereocenters. The van der Waals surface area contributed by atoms with Gasteiger partial charge in [0.25, 0.3) is 0 Å². The Kier molecular flexibility index (Phi) is 1.47. The summed E-state index contributed by atoms with van der Waals surface area (Å²) in [6.45, 7) is 0.480. The normalized spacial score (nSPS) is 56.5. The lowest BCUT2D eigenvalue weighted by Crippen LogP contribution is -2.54. The first kappa shape index (κ1) is 7.49. The Bertz CT molecular complexity index is 175. The van der Waals surface area contributed by atoms with Crippen molar-refractivity contribution in [2.24, 2.45) is 0 Å². The lowest BCUT2D eigenvalue weighted by atomic mass is 9.97. The zero-order chi connectivity index (χ0) is 8.06. The van der Waals surface area contributed by atoms with Gasteiger partial charge in [-0.25, -0.2) is 0 Å². The van der Waals surface area contributed by atoms with Gasteiger partial charge in [0.15, 0.2) is 0 Å². The van der Waals surface area contributed by atoms with E-state index in [0.29, 0.717) is 19.4 Å². The van der Waals surface area contributed by atoms with Gasteiger partial charge in [-0.3, -0.25) is 0 Å². The van der Waals surface area contributed by atoms with Crippen LogP contribution in [0.4, 0.5) is 0 Å². The first-order valence-electron chi connectivity index (χ1n) is 3.94. The molecule has 0 aromatic carbocycles. The number of β-amino-alcohol motifs (C(OH)–C–C–N with tert-alkyl or cyclic N) is 1. The minimum Gasteiger partial charge on any atom is -0.392 e. The summed E-state index contributed by atoms with van der Waals surface area (Å²) in [4.78, 5) is 0. The van der Waals surface area contributed by atoms with Gasteiger partial charge in [0, 0.05) is 13.0 Å². The van der Waals surface area contributed by atoms with Gasteiger partial charge in [-0.15, -0.1) is 0 Å². The number of hydrogen-bond acceptors (Lipinski definition) is 4. The van der Waals surface area contributed by atoms with Gasteiger partial charge in [-0.2, -0.15) is 0 Å². The predicted octanol–water partition coefficient (Wildman–Crippen LogP) is -1.80. The van der Waals surface area contributed by atoms with Crippen molar-refractivity contribution < 1.29 is 15.3 Å². The van der Waals surface area contributed by atoms with Crippen LogP contribution < -0.4 is 5.32 Å². The van der Waals surface area contributed by atoms with Gasteiger partial charge in [0.05, 0.1) is 23.9 Å². The van der Waals surface area contributed by atoms with E-state index >= 15 is 0 Å². The summed E-state index contributed by atoms with van der Waals surface area (Å²) in [6, 6.07) is 0. The average molecular weight is 159 g/mol. The Morgan fingerprint density at radius 2 is 1.82 bits per heavy atom. The zero-order valence-corrected chi connectivity index (χ0v) is 6.20. The fourth-order valence-corrected chi connectivity index (χ4v) is 1.79. The third kappa shape index (κ3) is 0.980.